The van der Waals surface area contributed by atoms with Gasteiger partial charge in [-0.15, -0.1) is 0 Å². The fraction of sp³-hybridized carbons (Fsp3) is 0.500. The lowest BCUT2D eigenvalue weighted by atomic mass is 9.94. The second kappa shape index (κ2) is 5.29. The molecular weight excluding hydrogens is 246 g/mol. The SMILES string of the molecule is Cc1cc(C)c(CC(NN)C(F)(F)Cl)c(C)c1. The Kier molecular flexibility index (Phi) is 4.47. The quantitative estimate of drug-likeness (QED) is 0.497. The smallest absolute Gasteiger partial charge is 0.271 e. The molecule has 0 amide bonds. The van der Waals surface area contributed by atoms with Crippen molar-refractivity contribution in [3.05, 3.63) is 34.4 Å². The van der Waals surface area contributed by atoms with Gasteiger partial charge in [-0.05, 0) is 55.5 Å². The van der Waals surface area contributed by atoms with Crippen LogP contribution in [0.2, 0.25) is 0 Å². The van der Waals surface area contributed by atoms with Crippen LogP contribution in [0.25, 0.3) is 0 Å². The number of hydrogen-bond donors (Lipinski definition) is 2. The first-order chi connectivity index (χ1) is 7.75. The summed E-state index contributed by atoms with van der Waals surface area (Å²) in [6.45, 7) is 5.77. The molecule has 0 aliphatic heterocycles. The van der Waals surface area contributed by atoms with Gasteiger partial charge in [0.1, 0.15) is 6.04 Å². The van der Waals surface area contributed by atoms with Crippen LogP contribution in [0.5, 0.6) is 0 Å². The van der Waals surface area contributed by atoms with E-state index in [0.717, 1.165) is 22.3 Å². The molecule has 1 aromatic rings. The van der Waals surface area contributed by atoms with Crippen molar-refractivity contribution in [3.8, 4) is 0 Å². The second-order valence-corrected chi connectivity index (χ2v) is 4.85. The monoisotopic (exact) mass is 262 g/mol. The lowest BCUT2D eigenvalue weighted by Gasteiger charge is -2.22. The first kappa shape index (κ1) is 14.4. The van der Waals surface area contributed by atoms with Gasteiger partial charge in [0.2, 0.25) is 0 Å². The molecule has 0 saturated heterocycles. The summed E-state index contributed by atoms with van der Waals surface area (Å²) < 4.78 is 26.1. The molecule has 1 aromatic carbocycles. The molecule has 2 nitrogen and oxygen atoms in total. The van der Waals surface area contributed by atoms with Crippen molar-refractivity contribution in [3.63, 3.8) is 0 Å². The third-order valence-electron chi connectivity index (χ3n) is 2.84. The highest BCUT2D eigenvalue weighted by Gasteiger charge is 2.36. The molecule has 3 N–H and O–H groups in total. The summed E-state index contributed by atoms with van der Waals surface area (Å²) in [6.07, 6.45) is 0.102. The van der Waals surface area contributed by atoms with E-state index in [-0.39, 0.29) is 6.42 Å². The van der Waals surface area contributed by atoms with Crippen LogP contribution in [0.4, 0.5) is 8.78 Å². The van der Waals surface area contributed by atoms with Crippen molar-refractivity contribution >= 4 is 11.6 Å². The standard InChI is InChI=1S/C12H17ClF2N2/c1-7-4-8(2)10(9(3)5-7)6-11(17-16)12(13,14)15/h4-5,11,17H,6,16H2,1-3H3. The van der Waals surface area contributed by atoms with Crippen molar-refractivity contribution < 1.29 is 8.78 Å². The largest absolute Gasteiger partial charge is 0.338 e. The first-order valence-electron chi connectivity index (χ1n) is 5.35. The molecule has 0 aliphatic carbocycles. The predicted octanol–water partition coefficient (Wildman–Crippen LogP) is 2.82. The fourth-order valence-corrected chi connectivity index (χ4v) is 2.15. The number of hydrogen-bond acceptors (Lipinski definition) is 2. The Morgan fingerprint density at radius 2 is 1.76 bits per heavy atom. The van der Waals surface area contributed by atoms with E-state index in [1.807, 2.05) is 32.9 Å². The zero-order chi connectivity index (χ0) is 13.2. The lowest BCUT2D eigenvalue weighted by molar-refractivity contribution is 0.0502. The van der Waals surface area contributed by atoms with Gasteiger partial charge in [0, 0.05) is 0 Å². The van der Waals surface area contributed by atoms with Gasteiger partial charge in [-0.2, -0.15) is 8.78 Å². The Labute approximate surface area is 105 Å². The van der Waals surface area contributed by atoms with Crippen LogP contribution in [-0.4, -0.2) is 11.4 Å². The Morgan fingerprint density at radius 3 is 2.12 bits per heavy atom. The third-order valence-corrected chi connectivity index (χ3v) is 3.11. The average molecular weight is 263 g/mol. The number of hydrazine groups is 1. The highest BCUT2D eigenvalue weighted by molar-refractivity contribution is 6.22. The molecule has 1 unspecified atom stereocenters. The summed E-state index contributed by atoms with van der Waals surface area (Å²) in [5.41, 5.74) is 6.00. The molecule has 5 heteroatoms. The van der Waals surface area contributed by atoms with Crippen molar-refractivity contribution in [2.24, 2.45) is 5.84 Å². The summed E-state index contributed by atoms with van der Waals surface area (Å²) in [6, 6.07) is 2.65. The molecule has 0 spiro atoms. The Bertz CT molecular complexity index is 379. The fourth-order valence-electron chi connectivity index (χ4n) is 2.01. The summed E-state index contributed by atoms with van der Waals surface area (Å²) in [5.74, 6) is 5.12. The minimum Gasteiger partial charge on any atom is -0.271 e. The second-order valence-electron chi connectivity index (χ2n) is 4.34. The molecule has 0 bridgehead atoms. The maximum atomic E-state index is 13.0. The number of nitrogens with two attached hydrogens (primary N) is 1. The van der Waals surface area contributed by atoms with E-state index in [4.69, 9.17) is 17.4 Å². The van der Waals surface area contributed by atoms with Crippen LogP contribution in [0.1, 0.15) is 22.3 Å². The van der Waals surface area contributed by atoms with Crippen LogP contribution < -0.4 is 11.3 Å². The zero-order valence-electron chi connectivity index (χ0n) is 10.2. The maximum Gasteiger partial charge on any atom is 0.338 e. The van der Waals surface area contributed by atoms with Crippen LogP contribution in [-0.2, 0) is 6.42 Å². The van der Waals surface area contributed by atoms with E-state index >= 15 is 0 Å². The summed E-state index contributed by atoms with van der Waals surface area (Å²) in [7, 11) is 0. The van der Waals surface area contributed by atoms with Gasteiger partial charge in [0.25, 0.3) is 0 Å². The normalized spacial score (nSPS) is 13.8. The van der Waals surface area contributed by atoms with E-state index in [1.54, 1.807) is 0 Å². The van der Waals surface area contributed by atoms with E-state index in [2.05, 4.69) is 5.43 Å². The Morgan fingerprint density at radius 1 is 1.29 bits per heavy atom. The number of benzene rings is 1. The Hall–Kier alpha value is -0.710. The Balaban J connectivity index is 3.02. The van der Waals surface area contributed by atoms with Crippen LogP contribution in [0, 0.1) is 20.8 Å². The minimum absolute atomic E-state index is 0.102. The van der Waals surface area contributed by atoms with E-state index < -0.39 is 11.4 Å². The summed E-state index contributed by atoms with van der Waals surface area (Å²) in [4.78, 5) is 0. The highest BCUT2D eigenvalue weighted by atomic mass is 35.5. The van der Waals surface area contributed by atoms with Crippen molar-refractivity contribution in [1.82, 2.24) is 5.43 Å². The third kappa shape index (κ3) is 3.63. The predicted molar refractivity (Wildman–Crippen MR) is 66.3 cm³/mol. The number of aryl methyl sites for hydroxylation is 3. The summed E-state index contributed by atoms with van der Waals surface area (Å²) in [5, 5.41) is -3.36. The highest BCUT2D eigenvalue weighted by Crippen LogP contribution is 2.28. The molecular formula is C12H17ClF2N2. The van der Waals surface area contributed by atoms with Crippen LogP contribution in [0.15, 0.2) is 12.1 Å². The molecule has 17 heavy (non-hydrogen) atoms. The summed E-state index contributed by atoms with van der Waals surface area (Å²) >= 11 is 5.01. The lowest BCUT2D eigenvalue weighted by Crippen LogP contribution is -2.47. The maximum absolute atomic E-state index is 13.0. The molecule has 0 aromatic heterocycles. The topological polar surface area (TPSA) is 38.0 Å². The van der Waals surface area contributed by atoms with E-state index in [0.29, 0.717) is 0 Å². The molecule has 0 saturated carbocycles. The van der Waals surface area contributed by atoms with Gasteiger partial charge in [-0.1, -0.05) is 17.7 Å². The molecule has 0 heterocycles. The van der Waals surface area contributed by atoms with Crippen molar-refractivity contribution in [2.75, 3.05) is 0 Å². The van der Waals surface area contributed by atoms with Crippen LogP contribution in [0.3, 0.4) is 0 Å². The van der Waals surface area contributed by atoms with E-state index in [9.17, 15) is 8.78 Å². The molecule has 96 valence electrons. The van der Waals surface area contributed by atoms with Crippen molar-refractivity contribution in [1.29, 1.82) is 0 Å². The number of rotatable bonds is 4. The van der Waals surface area contributed by atoms with E-state index in [1.165, 1.54) is 0 Å². The minimum atomic E-state index is -3.36. The van der Waals surface area contributed by atoms with Crippen molar-refractivity contribution in [2.45, 2.75) is 38.6 Å². The van der Waals surface area contributed by atoms with Crippen LogP contribution >= 0.6 is 11.6 Å². The molecule has 0 aliphatic rings. The van der Waals surface area contributed by atoms with Gasteiger partial charge >= 0.3 is 5.38 Å². The average Bonchev–Trinajstić information content (AvgIpc) is 2.14. The van der Waals surface area contributed by atoms with Gasteiger partial charge in [-0.25, -0.2) is 5.43 Å². The van der Waals surface area contributed by atoms with Gasteiger partial charge in [0.05, 0.1) is 0 Å². The number of halogens is 3. The molecule has 0 fully saturated rings. The first-order valence-corrected chi connectivity index (χ1v) is 5.73. The number of nitrogens with one attached hydrogen (secondary N) is 1. The van der Waals surface area contributed by atoms with Gasteiger partial charge in [0.15, 0.2) is 0 Å². The molecule has 0 radical (unpaired) electrons. The molecule has 1 rings (SSSR count). The molecule has 1 atom stereocenters. The van der Waals surface area contributed by atoms with Gasteiger partial charge in [-0.3, -0.25) is 5.84 Å². The van der Waals surface area contributed by atoms with Gasteiger partial charge < -0.3 is 0 Å². The number of alkyl halides is 3. The zero-order valence-corrected chi connectivity index (χ0v) is 10.9.